The van der Waals surface area contributed by atoms with E-state index in [0.717, 1.165) is 35.8 Å². The summed E-state index contributed by atoms with van der Waals surface area (Å²) in [5, 5.41) is 2.81. The molecule has 0 bridgehead atoms. The Labute approximate surface area is 153 Å². The lowest BCUT2D eigenvalue weighted by Crippen LogP contribution is -2.35. The first-order valence-corrected chi connectivity index (χ1v) is 8.52. The van der Waals surface area contributed by atoms with E-state index in [9.17, 15) is 22.8 Å². The molecule has 1 heterocycles. The van der Waals surface area contributed by atoms with Crippen LogP contribution < -0.4 is 15.6 Å². The van der Waals surface area contributed by atoms with Gasteiger partial charge in [-0.2, -0.15) is 13.2 Å². The van der Waals surface area contributed by atoms with E-state index in [4.69, 9.17) is 4.74 Å². The third-order valence-electron chi connectivity index (χ3n) is 4.91. The Morgan fingerprint density at radius 1 is 1.30 bits per heavy atom. The second-order valence-corrected chi connectivity index (χ2v) is 6.50. The van der Waals surface area contributed by atoms with Gasteiger partial charge in [-0.1, -0.05) is 19.4 Å². The zero-order valence-electron chi connectivity index (χ0n) is 14.8. The van der Waals surface area contributed by atoms with Gasteiger partial charge in [-0.25, -0.2) is 0 Å². The Morgan fingerprint density at radius 3 is 2.63 bits per heavy atom. The number of aromatic nitrogens is 1. The van der Waals surface area contributed by atoms with E-state index < -0.39 is 23.3 Å². The average Bonchev–Trinajstić information content (AvgIpc) is 2.97. The highest BCUT2D eigenvalue weighted by atomic mass is 19.4. The lowest BCUT2D eigenvalue weighted by molar-refractivity contribution is -0.141. The van der Waals surface area contributed by atoms with Crippen LogP contribution in [0.15, 0.2) is 35.1 Å². The Kier molecular flexibility index (Phi) is 4.99. The summed E-state index contributed by atoms with van der Waals surface area (Å²) in [6.45, 7) is 2.00. The van der Waals surface area contributed by atoms with Crippen LogP contribution in [0.1, 0.15) is 46.6 Å². The molecule has 0 spiro atoms. The molecule has 0 radical (unpaired) electrons. The minimum absolute atomic E-state index is 0.129. The van der Waals surface area contributed by atoms with Crippen LogP contribution in [-0.2, 0) is 12.6 Å². The molecule has 144 valence electrons. The molecule has 1 amide bonds. The number of H-pyrrole nitrogens is 1. The summed E-state index contributed by atoms with van der Waals surface area (Å²) in [4.78, 5) is 26.2. The van der Waals surface area contributed by atoms with Crippen molar-refractivity contribution < 1.29 is 22.7 Å². The summed E-state index contributed by atoms with van der Waals surface area (Å²) in [5.41, 5.74) is -0.621. The van der Waals surface area contributed by atoms with Gasteiger partial charge in [0.15, 0.2) is 0 Å². The highest BCUT2D eigenvalue weighted by Gasteiger charge is 2.35. The number of alkyl halides is 3. The molecule has 1 aromatic carbocycles. The van der Waals surface area contributed by atoms with Crippen LogP contribution in [0.4, 0.5) is 13.2 Å². The molecule has 8 heteroatoms. The normalized spacial score (nSPS) is 18.9. The van der Waals surface area contributed by atoms with Gasteiger partial charge >= 0.3 is 6.18 Å². The number of pyridine rings is 1. The van der Waals surface area contributed by atoms with Crippen molar-refractivity contribution in [3.05, 3.63) is 63.1 Å². The van der Waals surface area contributed by atoms with Crippen molar-refractivity contribution in [2.75, 3.05) is 7.11 Å². The molecule has 27 heavy (non-hydrogen) atoms. The topological polar surface area (TPSA) is 71.2 Å². The maximum atomic E-state index is 12.7. The molecule has 0 aliphatic heterocycles. The third kappa shape index (κ3) is 3.70. The summed E-state index contributed by atoms with van der Waals surface area (Å²) < 4.78 is 43.2. The van der Waals surface area contributed by atoms with E-state index in [1.165, 1.54) is 0 Å². The number of methoxy groups -OCH3 is 1. The van der Waals surface area contributed by atoms with Gasteiger partial charge in [0.25, 0.3) is 11.5 Å². The molecule has 1 aliphatic carbocycles. The number of carbonyl (C=O) groups is 1. The fraction of sp³-hybridized carbons (Fsp3) is 0.368. The second kappa shape index (κ2) is 7.09. The zero-order chi connectivity index (χ0) is 19.8. The summed E-state index contributed by atoms with van der Waals surface area (Å²) in [7, 11) is 1.57. The van der Waals surface area contributed by atoms with E-state index >= 15 is 0 Å². The first-order valence-electron chi connectivity index (χ1n) is 8.52. The van der Waals surface area contributed by atoms with E-state index in [0.29, 0.717) is 6.07 Å². The van der Waals surface area contributed by atoms with Crippen LogP contribution >= 0.6 is 0 Å². The molecule has 0 fully saturated rings. The molecule has 1 aromatic heterocycles. The van der Waals surface area contributed by atoms with Gasteiger partial charge in [-0.05, 0) is 47.7 Å². The number of hydrogen-bond donors (Lipinski definition) is 2. The molecular weight excluding hydrogens is 361 g/mol. The van der Waals surface area contributed by atoms with Crippen molar-refractivity contribution in [3.63, 3.8) is 0 Å². The monoisotopic (exact) mass is 380 g/mol. The Bertz CT molecular complexity index is 921. The molecule has 0 saturated carbocycles. The van der Waals surface area contributed by atoms with Crippen molar-refractivity contribution in [2.45, 2.75) is 32.0 Å². The Hall–Kier alpha value is -2.77. The first-order chi connectivity index (χ1) is 12.7. The van der Waals surface area contributed by atoms with E-state index in [-0.39, 0.29) is 17.5 Å². The van der Waals surface area contributed by atoms with Crippen molar-refractivity contribution >= 4 is 5.91 Å². The van der Waals surface area contributed by atoms with E-state index in [1.54, 1.807) is 18.2 Å². The van der Waals surface area contributed by atoms with Gasteiger partial charge in [0, 0.05) is 0 Å². The number of nitrogens with one attached hydrogen (secondary N) is 2. The molecule has 0 saturated heterocycles. The van der Waals surface area contributed by atoms with Crippen LogP contribution in [0.5, 0.6) is 5.75 Å². The minimum Gasteiger partial charge on any atom is -0.497 e. The van der Waals surface area contributed by atoms with E-state index in [1.807, 2.05) is 19.1 Å². The van der Waals surface area contributed by atoms with E-state index in [2.05, 4.69) is 5.32 Å². The predicted octanol–water partition coefficient (Wildman–Crippen LogP) is 3.46. The first kappa shape index (κ1) is 19.0. The largest absolute Gasteiger partial charge is 0.497 e. The second-order valence-electron chi connectivity index (χ2n) is 6.50. The Morgan fingerprint density at radius 2 is 2.04 bits per heavy atom. The van der Waals surface area contributed by atoms with Crippen molar-refractivity contribution in [2.24, 2.45) is 5.92 Å². The van der Waals surface area contributed by atoms with Gasteiger partial charge in [-0.3, -0.25) is 9.59 Å². The SMILES string of the molecule is CCC1Cc2cc(OC)ccc2C1NC(=O)c1ccc(C(F)(F)F)[nH]c1=O. The highest BCUT2D eigenvalue weighted by Crippen LogP contribution is 2.39. The molecule has 2 unspecified atom stereocenters. The number of aromatic amines is 1. The summed E-state index contributed by atoms with van der Waals surface area (Å²) in [6.07, 6.45) is -3.13. The lowest BCUT2D eigenvalue weighted by atomic mass is 9.97. The van der Waals surface area contributed by atoms with Crippen molar-refractivity contribution in [3.8, 4) is 5.75 Å². The van der Waals surface area contributed by atoms with Crippen LogP contribution in [-0.4, -0.2) is 18.0 Å². The number of hydrogen-bond acceptors (Lipinski definition) is 3. The number of benzene rings is 1. The molecule has 2 atom stereocenters. The number of ether oxygens (including phenoxy) is 1. The standard InChI is InChI=1S/C19H19F3N2O3/c1-3-10-8-11-9-12(27-2)4-5-13(11)16(10)24-18(26)14-6-7-15(19(20,21)22)23-17(14)25/h4-7,9-10,16H,3,8H2,1-2H3,(H,23,25)(H,24,26). The maximum absolute atomic E-state index is 12.7. The molecular formula is C19H19F3N2O3. The number of carbonyl (C=O) groups excluding carboxylic acids is 1. The predicted molar refractivity (Wildman–Crippen MR) is 92.8 cm³/mol. The highest BCUT2D eigenvalue weighted by molar-refractivity contribution is 5.94. The van der Waals surface area contributed by atoms with Crippen LogP contribution in [0.25, 0.3) is 0 Å². The van der Waals surface area contributed by atoms with Crippen molar-refractivity contribution in [1.29, 1.82) is 0 Å². The lowest BCUT2D eigenvalue weighted by Gasteiger charge is -2.21. The van der Waals surface area contributed by atoms with Gasteiger partial charge < -0.3 is 15.0 Å². The van der Waals surface area contributed by atoms with Crippen LogP contribution in [0.2, 0.25) is 0 Å². The van der Waals surface area contributed by atoms with Gasteiger partial charge in [0.05, 0.1) is 13.2 Å². The fourth-order valence-corrected chi connectivity index (χ4v) is 3.46. The smallest absolute Gasteiger partial charge is 0.431 e. The molecule has 2 aromatic rings. The van der Waals surface area contributed by atoms with Gasteiger partial charge in [-0.15, -0.1) is 0 Å². The molecule has 5 nitrogen and oxygen atoms in total. The number of amides is 1. The number of fused-ring (bicyclic) bond motifs is 1. The molecule has 1 aliphatic rings. The van der Waals surface area contributed by atoms with Gasteiger partial charge in [0.1, 0.15) is 17.0 Å². The molecule has 2 N–H and O–H groups in total. The maximum Gasteiger partial charge on any atom is 0.431 e. The van der Waals surface area contributed by atoms with Crippen LogP contribution in [0.3, 0.4) is 0 Å². The third-order valence-corrected chi connectivity index (χ3v) is 4.91. The van der Waals surface area contributed by atoms with Crippen molar-refractivity contribution in [1.82, 2.24) is 10.3 Å². The average molecular weight is 380 g/mol. The molecule has 3 rings (SSSR count). The Balaban J connectivity index is 1.87. The quantitative estimate of drug-likeness (QED) is 0.853. The van der Waals surface area contributed by atoms with Crippen LogP contribution in [0, 0.1) is 5.92 Å². The summed E-state index contributed by atoms with van der Waals surface area (Å²) in [5.74, 6) is 0.149. The number of halogens is 3. The van der Waals surface area contributed by atoms with Gasteiger partial charge in [0.2, 0.25) is 0 Å². The zero-order valence-corrected chi connectivity index (χ0v) is 14.8. The number of rotatable bonds is 4. The summed E-state index contributed by atoms with van der Waals surface area (Å²) >= 11 is 0. The summed E-state index contributed by atoms with van der Waals surface area (Å²) in [6, 6.07) is 6.86. The fourth-order valence-electron chi connectivity index (χ4n) is 3.46. The minimum atomic E-state index is -4.68.